The van der Waals surface area contributed by atoms with Crippen LogP contribution in [0.1, 0.15) is 49.9 Å². The molecule has 4 heteroatoms. The summed E-state index contributed by atoms with van der Waals surface area (Å²) in [6.45, 7) is 4.27. The monoisotopic (exact) mass is 230 g/mol. The molecule has 4 nitrogen and oxygen atoms in total. The predicted molar refractivity (Wildman–Crippen MR) is 69.0 cm³/mol. The van der Waals surface area contributed by atoms with E-state index in [1.165, 1.54) is 12.8 Å². The van der Waals surface area contributed by atoms with Crippen LogP contribution in [-0.2, 0) is 7.05 Å². The molecule has 0 saturated heterocycles. The Bertz CT molecular complexity index is 579. The lowest BCUT2D eigenvalue weighted by Crippen LogP contribution is -1.97. The maximum Gasteiger partial charge on any atom is 0.160 e. The minimum Gasteiger partial charge on any atom is -0.398 e. The molecule has 1 aliphatic carbocycles. The maximum atomic E-state index is 6.18. The van der Waals surface area contributed by atoms with Crippen molar-refractivity contribution in [2.75, 3.05) is 5.73 Å². The molecule has 0 spiro atoms. The summed E-state index contributed by atoms with van der Waals surface area (Å²) >= 11 is 0. The van der Waals surface area contributed by atoms with E-state index in [-0.39, 0.29) is 0 Å². The molecule has 0 bridgehead atoms. The molecule has 2 aromatic heterocycles. The number of pyridine rings is 1. The number of hydrogen-bond acceptors (Lipinski definition) is 3. The molecule has 1 fully saturated rings. The maximum absolute atomic E-state index is 6.18. The second-order valence-electron chi connectivity index (χ2n) is 5.27. The van der Waals surface area contributed by atoms with Gasteiger partial charge in [-0.1, -0.05) is 13.8 Å². The zero-order valence-corrected chi connectivity index (χ0v) is 10.6. The van der Waals surface area contributed by atoms with E-state index < -0.39 is 0 Å². The van der Waals surface area contributed by atoms with Gasteiger partial charge in [-0.25, -0.2) is 4.98 Å². The van der Waals surface area contributed by atoms with Crippen LogP contribution in [0.15, 0.2) is 6.07 Å². The van der Waals surface area contributed by atoms with Crippen LogP contribution in [0, 0.1) is 0 Å². The molecule has 2 aromatic rings. The Kier molecular flexibility index (Phi) is 2.15. The molecule has 0 atom stereocenters. The van der Waals surface area contributed by atoms with Crippen LogP contribution in [0.25, 0.3) is 11.0 Å². The Morgan fingerprint density at radius 2 is 2.12 bits per heavy atom. The number of fused-ring (bicyclic) bond motifs is 1. The fourth-order valence-electron chi connectivity index (χ4n) is 2.32. The first-order chi connectivity index (χ1) is 8.08. The van der Waals surface area contributed by atoms with Gasteiger partial charge in [-0.15, -0.1) is 0 Å². The quantitative estimate of drug-likeness (QED) is 0.862. The highest BCUT2D eigenvalue weighted by atomic mass is 15.3. The minimum atomic E-state index is 0.370. The molecule has 0 amide bonds. The molecule has 0 aromatic carbocycles. The minimum absolute atomic E-state index is 0.370. The van der Waals surface area contributed by atoms with Crippen molar-refractivity contribution in [1.29, 1.82) is 0 Å². The summed E-state index contributed by atoms with van der Waals surface area (Å²) in [6.07, 6.45) is 2.49. The first-order valence-corrected chi connectivity index (χ1v) is 6.21. The van der Waals surface area contributed by atoms with E-state index in [2.05, 4.69) is 18.9 Å². The van der Waals surface area contributed by atoms with E-state index in [0.717, 1.165) is 28.1 Å². The molecule has 2 heterocycles. The summed E-state index contributed by atoms with van der Waals surface area (Å²) in [5.41, 5.74) is 10.1. The lowest BCUT2D eigenvalue weighted by molar-refractivity contribution is 0.723. The van der Waals surface area contributed by atoms with E-state index in [1.54, 1.807) is 0 Å². The molecule has 3 rings (SSSR count). The van der Waals surface area contributed by atoms with E-state index in [9.17, 15) is 0 Å². The molecule has 0 aliphatic heterocycles. The fourth-order valence-corrected chi connectivity index (χ4v) is 2.32. The molecule has 0 radical (unpaired) electrons. The normalized spacial score (nSPS) is 16.0. The SMILES string of the molecule is CC(C)c1nn(C)c2nc(C3CC3)cc(N)c12. The molecule has 2 N–H and O–H groups in total. The first-order valence-electron chi connectivity index (χ1n) is 6.21. The Balaban J connectivity index is 2.28. The van der Waals surface area contributed by atoms with Crippen LogP contribution in [-0.4, -0.2) is 14.8 Å². The van der Waals surface area contributed by atoms with Crippen molar-refractivity contribution in [1.82, 2.24) is 14.8 Å². The van der Waals surface area contributed by atoms with Gasteiger partial charge in [-0.2, -0.15) is 5.10 Å². The summed E-state index contributed by atoms with van der Waals surface area (Å²) in [6, 6.07) is 2.04. The smallest absolute Gasteiger partial charge is 0.160 e. The molecule has 17 heavy (non-hydrogen) atoms. The lowest BCUT2D eigenvalue weighted by Gasteiger charge is -2.05. The predicted octanol–water partition coefficient (Wildman–Crippen LogP) is 2.55. The Hall–Kier alpha value is -1.58. The zero-order valence-electron chi connectivity index (χ0n) is 10.6. The average molecular weight is 230 g/mol. The van der Waals surface area contributed by atoms with Gasteiger partial charge in [0, 0.05) is 24.3 Å². The van der Waals surface area contributed by atoms with Crippen LogP contribution in [0.2, 0.25) is 0 Å². The number of nitrogens with zero attached hydrogens (tertiary/aromatic N) is 3. The lowest BCUT2D eigenvalue weighted by atomic mass is 10.1. The van der Waals surface area contributed by atoms with Crippen LogP contribution < -0.4 is 5.73 Å². The van der Waals surface area contributed by atoms with Gasteiger partial charge in [-0.05, 0) is 24.8 Å². The number of nitrogen functional groups attached to an aromatic ring is 1. The number of aryl methyl sites for hydroxylation is 1. The van der Waals surface area contributed by atoms with Gasteiger partial charge in [-0.3, -0.25) is 4.68 Å². The largest absolute Gasteiger partial charge is 0.398 e. The highest BCUT2D eigenvalue weighted by Crippen LogP contribution is 2.41. The second-order valence-corrected chi connectivity index (χ2v) is 5.27. The first kappa shape index (κ1) is 10.6. The van der Waals surface area contributed by atoms with Gasteiger partial charge in [0.2, 0.25) is 0 Å². The standard InChI is InChI=1S/C13H18N4/c1-7(2)12-11-9(14)6-10(8-4-5-8)15-13(11)17(3)16-12/h6-8H,4-5H2,1-3H3,(H2,14,15). The molecule has 1 saturated carbocycles. The summed E-state index contributed by atoms with van der Waals surface area (Å²) < 4.78 is 1.85. The van der Waals surface area contributed by atoms with Gasteiger partial charge in [0.25, 0.3) is 0 Å². The molecule has 90 valence electrons. The summed E-state index contributed by atoms with van der Waals surface area (Å²) in [4.78, 5) is 4.72. The van der Waals surface area contributed by atoms with E-state index in [1.807, 2.05) is 17.8 Å². The average Bonchev–Trinajstić information content (AvgIpc) is 3.04. The molecule has 0 unspecified atom stereocenters. The van der Waals surface area contributed by atoms with Crippen LogP contribution in [0.3, 0.4) is 0 Å². The number of hydrogen-bond donors (Lipinski definition) is 1. The van der Waals surface area contributed by atoms with Gasteiger partial charge in [0.05, 0.1) is 11.1 Å². The van der Waals surface area contributed by atoms with Crippen LogP contribution >= 0.6 is 0 Å². The third-order valence-electron chi connectivity index (χ3n) is 3.41. The van der Waals surface area contributed by atoms with E-state index in [0.29, 0.717) is 11.8 Å². The molecule has 1 aliphatic rings. The van der Waals surface area contributed by atoms with Crippen molar-refractivity contribution < 1.29 is 0 Å². The topological polar surface area (TPSA) is 56.7 Å². The van der Waals surface area contributed by atoms with Crippen molar-refractivity contribution in [2.24, 2.45) is 7.05 Å². The number of aromatic nitrogens is 3. The fraction of sp³-hybridized carbons (Fsp3) is 0.538. The highest BCUT2D eigenvalue weighted by Gasteiger charge is 2.27. The highest BCUT2D eigenvalue weighted by molar-refractivity contribution is 5.91. The van der Waals surface area contributed by atoms with Gasteiger partial charge >= 0.3 is 0 Å². The van der Waals surface area contributed by atoms with Gasteiger partial charge < -0.3 is 5.73 Å². The van der Waals surface area contributed by atoms with Crippen molar-refractivity contribution >= 4 is 16.7 Å². The van der Waals surface area contributed by atoms with E-state index >= 15 is 0 Å². The van der Waals surface area contributed by atoms with Crippen molar-refractivity contribution in [3.8, 4) is 0 Å². The van der Waals surface area contributed by atoms with Gasteiger partial charge in [0.1, 0.15) is 0 Å². The van der Waals surface area contributed by atoms with Crippen LogP contribution in [0.4, 0.5) is 5.69 Å². The number of rotatable bonds is 2. The number of anilines is 1. The Morgan fingerprint density at radius 3 is 2.71 bits per heavy atom. The summed E-state index contributed by atoms with van der Waals surface area (Å²) in [5.74, 6) is 0.994. The Labute approximate surface area is 101 Å². The zero-order chi connectivity index (χ0) is 12.2. The summed E-state index contributed by atoms with van der Waals surface area (Å²) in [7, 11) is 1.94. The van der Waals surface area contributed by atoms with Crippen molar-refractivity contribution in [3.05, 3.63) is 17.5 Å². The number of nitrogens with two attached hydrogens (primary N) is 1. The third kappa shape index (κ3) is 1.59. The van der Waals surface area contributed by atoms with Gasteiger partial charge in [0.15, 0.2) is 5.65 Å². The summed E-state index contributed by atoms with van der Waals surface area (Å²) in [5, 5.41) is 5.58. The Morgan fingerprint density at radius 1 is 1.41 bits per heavy atom. The van der Waals surface area contributed by atoms with Crippen molar-refractivity contribution in [2.45, 2.75) is 38.5 Å². The molecular formula is C13H18N4. The molecular weight excluding hydrogens is 212 g/mol. The second kappa shape index (κ2) is 3.45. The van der Waals surface area contributed by atoms with Crippen LogP contribution in [0.5, 0.6) is 0 Å². The van der Waals surface area contributed by atoms with Crippen molar-refractivity contribution in [3.63, 3.8) is 0 Å². The third-order valence-corrected chi connectivity index (χ3v) is 3.41. The van der Waals surface area contributed by atoms with E-state index in [4.69, 9.17) is 10.7 Å².